The molecule has 2 rings (SSSR count). The summed E-state index contributed by atoms with van der Waals surface area (Å²) in [6.07, 6.45) is 3.36. The second-order valence-corrected chi connectivity index (χ2v) is 9.01. The van der Waals surface area contributed by atoms with Crippen molar-refractivity contribution in [1.29, 1.82) is 0 Å². The van der Waals surface area contributed by atoms with Crippen LogP contribution in [-0.2, 0) is 0 Å². The van der Waals surface area contributed by atoms with E-state index in [4.69, 9.17) is 14.2 Å². The molecule has 0 radical (unpaired) electrons. The number of benzene rings is 2. The lowest BCUT2D eigenvalue weighted by Crippen LogP contribution is -2.25. The van der Waals surface area contributed by atoms with E-state index in [0.717, 1.165) is 22.6 Å². The standard InChI is InChI=1S/C25H32O4/c1-17-15-19(11-14-21(26)18-9-12-20(27-8)13-10-18)23(29-25(5,6)7)16-22(17)28-24(2,3)4/h9-16H,1-8H3. The van der Waals surface area contributed by atoms with Crippen molar-refractivity contribution in [2.45, 2.75) is 59.7 Å². The fourth-order valence-corrected chi connectivity index (χ4v) is 2.70. The minimum atomic E-state index is -0.378. The second-order valence-electron chi connectivity index (χ2n) is 9.01. The topological polar surface area (TPSA) is 44.8 Å². The summed E-state index contributed by atoms with van der Waals surface area (Å²) < 4.78 is 17.4. The van der Waals surface area contributed by atoms with Crippen LogP contribution < -0.4 is 14.2 Å². The van der Waals surface area contributed by atoms with Gasteiger partial charge >= 0.3 is 0 Å². The molecule has 0 saturated carbocycles. The first-order chi connectivity index (χ1) is 13.4. The molecule has 4 nitrogen and oxygen atoms in total. The Hall–Kier alpha value is -2.75. The van der Waals surface area contributed by atoms with Crippen LogP contribution in [0.25, 0.3) is 6.08 Å². The molecule has 0 heterocycles. The van der Waals surface area contributed by atoms with Crippen LogP contribution in [0.4, 0.5) is 0 Å². The van der Waals surface area contributed by atoms with Crippen molar-refractivity contribution >= 4 is 11.9 Å². The summed E-state index contributed by atoms with van der Waals surface area (Å²) in [4.78, 5) is 12.6. The number of carbonyl (C=O) groups is 1. The van der Waals surface area contributed by atoms with Gasteiger partial charge in [0.2, 0.25) is 0 Å². The Morgan fingerprint density at radius 1 is 0.862 bits per heavy atom. The zero-order valence-corrected chi connectivity index (χ0v) is 18.8. The third-order valence-electron chi connectivity index (χ3n) is 3.93. The maximum absolute atomic E-state index is 12.6. The first kappa shape index (κ1) is 22.5. The van der Waals surface area contributed by atoms with Gasteiger partial charge in [0, 0.05) is 17.2 Å². The van der Waals surface area contributed by atoms with Crippen molar-refractivity contribution in [3.63, 3.8) is 0 Å². The molecular formula is C25H32O4. The zero-order chi connectivity index (χ0) is 21.8. The minimum absolute atomic E-state index is 0.0815. The van der Waals surface area contributed by atoms with Gasteiger partial charge in [-0.25, -0.2) is 0 Å². The molecule has 0 aliphatic heterocycles. The third kappa shape index (κ3) is 6.97. The summed E-state index contributed by atoms with van der Waals surface area (Å²) in [7, 11) is 1.60. The molecule has 0 bridgehead atoms. The average molecular weight is 397 g/mol. The Kier molecular flexibility index (Phi) is 6.78. The van der Waals surface area contributed by atoms with Crippen molar-refractivity contribution in [2.75, 3.05) is 7.11 Å². The number of allylic oxidation sites excluding steroid dienone is 1. The van der Waals surface area contributed by atoms with Crippen LogP contribution in [0, 0.1) is 6.92 Å². The minimum Gasteiger partial charge on any atom is -0.497 e. The number of methoxy groups -OCH3 is 1. The van der Waals surface area contributed by atoms with Crippen molar-refractivity contribution < 1.29 is 19.0 Å². The molecule has 4 heteroatoms. The molecule has 0 spiro atoms. The Morgan fingerprint density at radius 2 is 1.41 bits per heavy atom. The molecule has 0 N–H and O–H groups in total. The van der Waals surface area contributed by atoms with E-state index in [1.165, 1.54) is 0 Å². The molecular weight excluding hydrogens is 364 g/mol. The first-order valence-corrected chi connectivity index (χ1v) is 9.77. The van der Waals surface area contributed by atoms with Crippen LogP contribution in [0.15, 0.2) is 42.5 Å². The zero-order valence-electron chi connectivity index (χ0n) is 18.8. The third-order valence-corrected chi connectivity index (χ3v) is 3.93. The highest BCUT2D eigenvalue weighted by molar-refractivity contribution is 6.07. The molecule has 156 valence electrons. The Labute approximate surface area is 174 Å². The maximum Gasteiger partial charge on any atom is 0.185 e. The largest absolute Gasteiger partial charge is 0.497 e. The average Bonchev–Trinajstić information content (AvgIpc) is 2.60. The van der Waals surface area contributed by atoms with E-state index in [0.29, 0.717) is 11.3 Å². The van der Waals surface area contributed by atoms with Crippen LogP contribution >= 0.6 is 0 Å². The molecule has 29 heavy (non-hydrogen) atoms. The van der Waals surface area contributed by atoms with Crippen LogP contribution in [0.2, 0.25) is 0 Å². The molecule has 0 atom stereocenters. The summed E-state index contributed by atoms with van der Waals surface area (Å²) in [5.74, 6) is 2.09. The molecule has 0 aliphatic carbocycles. The van der Waals surface area contributed by atoms with Gasteiger partial charge in [-0.2, -0.15) is 0 Å². The van der Waals surface area contributed by atoms with Crippen LogP contribution in [0.3, 0.4) is 0 Å². The van der Waals surface area contributed by atoms with Crippen LogP contribution in [0.5, 0.6) is 17.2 Å². The van der Waals surface area contributed by atoms with Gasteiger partial charge in [0.05, 0.1) is 7.11 Å². The SMILES string of the molecule is COc1ccc(C(=O)C=Cc2cc(C)c(OC(C)(C)C)cc2OC(C)(C)C)cc1. The summed E-state index contributed by atoms with van der Waals surface area (Å²) in [6, 6.07) is 11.0. The fraction of sp³-hybridized carbons (Fsp3) is 0.400. The molecule has 2 aromatic carbocycles. The molecule has 0 unspecified atom stereocenters. The molecule has 0 amide bonds. The van der Waals surface area contributed by atoms with E-state index in [1.54, 1.807) is 43.5 Å². The lowest BCUT2D eigenvalue weighted by molar-refractivity contribution is 0.104. The highest BCUT2D eigenvalue weighted by Crippen LogP contribution is 2.34. The number of hydrogen-bond donors (Lipinski definition) is 0. The van der Waals surface area contributed by atoms with Crippen molar-refractivity contribution in [3.8, 4) is 17.2 Å². The number of hydrogen-bond acceptors (Lipinski definition) is 4. The summed E-state index contributed by atoms with van der Waals surface area (Å²) in [5, 5.41) is 0. The second kappa shape index (κ2) is 8.73. The number of ether oxygens (including phenoxy) is 3. The number of aryl methyl sites for hydroxylation is 1. The Morgan fingerprint density at radius 3 is 1.93 bits per heavy atom. The predicted molar refractivity (Wildman–Crippen MR) is 118 cm³/mol. The van der Waals surface area contributed by atoms with Gasteiger partial charge in [-0.1, -0.05) is 0 Å². The van der Waals surface area contributed by atoms with Gasteiger partial charge in [-0.3, -0.25) is 4.79 Å². The quantitative estimate of drug-likeness (QED) is 0.427. The summed E-state index contributed by atoms with van der Waals surface area (Å²) in [5.41, 5.74) is 1.73. The smallest absolute Gasteiger partial charge is 0.185 e. The maximum atomic E-state index is 12.6. The first-order valence-electron chi connectivity index (χ1n) is 9.77. The van der Waals surface area contributed by atoms with Crippen LogP contribution in [-0.4, -0.2) is 24.1 Å². The van der Waals surface area contributed by atoms with Crippen molar-refractivity contribution in [2.24, 2.45) is 0 Å². The Balaban J connectivity index is 2.37. The predicted octanol–water partition coefficient (Wildman–Crippen LogP) is 6.25. The Bertz CT molecular complexity index is 879. The molecule has 0 aromatic heterocycles. The van der Waals surface area contributed by atoms with Gasteiger partial charge in [0.15, 0.2) is 5.78 Å². The van der Waals surface area contributed by atoms with Gasteiger partial charge in [0.1, 0.15) is 28.5 Å². The molecule has 0 aliphatic rings. The van der Waals surface area contributed by atoms with Gasteiger partial charge in [-0.05, 0) is 96.5 Å². The highest BCUT2D eigenvalue weighted by atomic mass is 16.5. The number of carbonyl (C=O) groups excluding carboxylic acids is 1. The molecule has 0 saturated heterocycles. The number of rotatable bonds is 6. The lowest BCUT2D eigenvalue weighted by Gasteiger charge is -2.26. The lowest BCUT2D eigenvalue weighted by atomic mass is 10.0. The van der Waals surface area contributed by atoms with Gasteiger partial charge in [-0.15, -0.1) is 0 Å². The van der Waals surface area contributed by atoms with E-state index in [2.05, 4.69) is 0 Å². The number of ketones is 1. The van der Waals surface area contributed by atoms with E-state index in [9.17, 15) is 4.79 Å². The van der Waals surface area contributed by atoms with E-state index in [1.807, 2.05) is 60.6 Å². The van der Waals surface area contributed by atoms with E-state index < -0.39 is 0 Å². The highest BCUT2D eigenvalue weighted by Gasteiger charge is 2.19. The summed E-state index contributed by atoms with van der Waals surface area (Å²) in [6.45, 7) is 14.0. The van der Waals surface area contributed by atoms with E-state index >= 15 is 0 Å². The summed E-state index contributed by atoms with van der Waals surface area (Å²) >= 11 is 0. The fourth-order valence-electron chi connectivity index (χ4n) is 2.70. The van der Waals surface area contributed by atoms with Crippen molar-refractivity contribution in [1.82, 2.24) is 0 Å². The monoisotopic (exact) mass is 396 g/mol. The molecule has 0 fully saturated rings. The normalized spacial score (nSPS) is 12.1. The van der Waals surface area contributed by atoms with Crippen molar-refractivity contribution in [3.05, 3.63) is 59.2 Å². The van der Waals surface area contributed by atoms with Crippen LogP contribution in [0.1, 0.15) is 63.0 Å². The van der Waals surface area contributed by atoms with E-state index in [-0.39, 0.29) is 17.0 Å². The van der Waals surface area contributed by atoms with Gasteiger partial charge < -0.3 is 14.2 Å². The van der Waals surface area contributed by atoms with Gasteiger partial charge in [0.25, 0.3) is 0 Å². The molecule has 2 aromatic rings.